The number of fused-ring (bicyclic) bond motifs is 1. The second kappa shape index (κ2) is 10.6. The maximum absolute atomic E-state index is 12.5. The summed E-state index contributed by atoms with van der Waals surface area (Å²) in [4.78, 5) is 8.60. The summed E-state index contributed by atoms with van der Waals surface area (Å²) < 4.78 is 43.7. The third-order valence-corrected chi connectivity index (χ3v) is 4.71. The van der Waals surface area contributed by atoms with E-state index in [4.69, 9.17) is 5.73 Å². The fraction of sp³-hybridized carbons (Fsp3) is 0.130. The van der Waals surface area contributed by atoms with E-state index < -0.39 is 6.36 Å². The minimum Gasteiger partial charge on any atom is -0.404 e. The molecule has 0 fully saturated rings. The average Bonchev–Trinajstić information content (AvgIpc) is 3.17. The maximum atomic E-state index is 12.5. The van der Waals surface area contributed by atoms with E-state index >= 15 is 0 Å². The van der Waals surface area contributed by atoms with Gasteiger partial charge in [0.05, 0.1) is 29.6 Å². The van der Waals surface area contributed by atoms with Crippen LogP contribution >= 0.6 is 24.0 Å². The van der Waals surface area contributed by atoms with Gasteiger partial charge in [-0.2, -0.15) is 0 Å². The minimum absolute atomic E-state index is 0. The summed E-state index contributed by atoms with van der Waals surface area (Å²) >= 11 is 0. The first kappa shape index (κ1) is 24.4. The summed E-state index contributed by atoms with van der Waals surface area (Å²) in [5, 5.41) is 2.65. The van der Waals surface area contributed by atoms with E-state index in [1.807, 2.05) is 54.9 Å². The quantitative estimate of drug-likeness (QED) is 0.183. The van der Waals surface area contributed by atoms with Gasteiger partial charge in [-0.3, -0.25) is 0 Å². The lowest BCUT2D eigenvalue weighted by molar-refractivity contribution is -0.274. The third-order valence-electron chi connectivity index (χ3n) is 4.71. The molecule has 0 radical (unpaired) electrons. The van der Waals surface area contributed by atoms with Crippen LogP contribution in [0.4, 0.5) is 18.9 Å². The monoisotopic (exact) mass is 567 g/mol. The number of hydrogen-bond acceptors (Lipinski definition) is 3. The van der Waals surface area contributed by atoms with Crippen molar-refractivity contribution >= 4 is 46.7 Å². The van der Waals surface area contributed by atoms with Gasteiger partial charge >= 0.3 is 6.36 Å². The summed E-state index contributed by atoms with van der Waals surface area (Å²) in [6.07, 6.45) is -2.98. The normalized spacial score (nSPS) is 11.8. The number of nitrogens with one attached hydrogen (secondary N) is 1. The molecule has 3 N–H and O–H groups in total. The smallest absolute Gasteiger partial charge is 0.404 e. The average molecular weight is 567 g/mol. The third kappa shape index (κ3) is 6.60. The van der Waals surface area contributed by atoms with E-state index in [0.29, 0.717) is 6.54 Å². The molecule has 6 nitrogen and oxygen atoms in total. The number of aromatic nitrogens is 2. The van der Waals surface area contributed by atoms with E-state index in [-0.39, 0.29) is 47.9 Å². The first-order valence-electron chi connectivity index (χ1n) is 9.77. The molecule has 0 amide bonds. The Morgan fingerprint density at radius 1 is 0.970 bits per heavy atom. The van der Waals surface area contributed by atoms with Gasteiger partial charge in [0.2, 0.25) is 0 Å². The number of halogens is 4. The predicted molar refractivity (Wildman–Crippen MR) is 133 cm³/mol. The zero-order valence-electron chi connectivity index (χ0n) is 17.3. The molecule has 0 saturated heterocycles. The molecule has 0 aliphatic rings. The summed E-state index contributed by atoms with van der Waals surface area (Å²) in [7, 11) is 0. The molecule has 3 aromatic carbocycles. The first-order chi connectivity index (χ1) is 15.4. The van der Waals surface area contributed by atoms with Crippen LogP contribution in [0.1, 0.15) is 11.1 Å². The fourth-order valence-electron chi connectivity index (χ4n) is 3.22. The largest absolute Gasteiger partial charge is 0.573 e. The highest BCUT2D eigenvalue weighted by atomic mass is 127. The highest BCUT2D eigenvalue weighted by Crippen LogP contribution is 2.29. The molecule has 0 atom stereocenters. The van der Waals surface area contributed by atoms with Crippen LogP contribution < -0.4 is 15.8 Å². The Bertz CT molecular complexity index is 1240. The number of guanidine groups is 1. The topological polar surface area (TPSA) is 77.5 Å². The van der Waals surface area contributed by atoms with E-state index in [1.165, 1.54) is 18.2 Å². The number of ether oxygens (including phenoxy) is 1. The molecule has 1 aromatic heterocycles. The second-order valence-corrected chi connectivity index (χ2v) is 7.05. The highest BCUT2D eigenvalue weighted by Gasteiger charge is 2.32. The van der Waals surface area contributed by atoms with Crippen LogP contribution in [0, 0.1) is 0 Å². The Kier molecular flexibility index (Phi) is 7.79. The molecule has 0 saturated carbocycles. The Morgan fingerprint density at radius 2 is 1.64 bits per heavy atom. The van der Waals surface area contributed by atoms with Crippen molar-refractivity contribution in [3.8, 4) is 5.75 Å². The zero-order valence-corrected chi connectivity index (χ0v) is 19.6. The molecule has 33 heavy (non-hydrogen) atoms. The van der Waals surface area contributed by atoms with Gasteiger partial charge in [0.1, 0.15) is 0 Å². The SMILES string of the molecule is I.NC(=NCc1ccc(Cn2cnc3ccccc32)cc1)Nc1ccccc1OC(F)(F)F. The molecule has 0 aliphatic heterocycles. The van der Waals surface area contributed by atoms with Crippen LogP contribution in [0.5, 0.6) is 5.75 Å². The van der Waals surface area contributed by atoms with Gasteiger partial charge in [0.15, 0.2) is 11.7 Å². The Balaban J connectivity index is 0.00000306. The highest BCUT2D eigenvalue weighted by molar-refractivity contribution is 14.0. The fourth-order valence-corrected chi connectivity index (χ4v) is 3.22. The van der Waals surface area contributed by atoms with Crippen LogP contribution in [0.25, 0.3) is 11.0 Å². The van der Waals surface area contributed by atoms with Crippen molar-refractivity contribution in [3.63, 3.8) is 0 Å². The molecule has 4 rings (SSSR count). The number of nitrogens with zero attached hydrogens (tertiary/aromatic N) is 3. The van der Waals surface area contributed by atoms with Crippen molar-refractivity contribution in [2.75, 3.05) is 5.32 Å². The van der Waals surface area contributed by atoms with Crippen molar-refractivity contribution in [2.24, 2.45) is 10.7 Å². The molecule has 1 heterocycles. The number of imidazole rings is 1. The Morgan fingerprint density at radius 3 is 2.39 bits per heavy atom. The predicted octanol–water partition coefficient (Wildman–Crippen LogP) is 5.53. The number of para-hydroxylation sites is 4. The molecular weight excluding hydrogens is 546 g/mol. The van der Waals surface area contributed by atoms with Gasteiger partial charge in [-0.25, -0.2) is 9.98 Å². The van der Waals surface area contributed by atoms with Crippen LogP contribution in [0.15, 0.2) is 84.1 Å². The van der Waals surface area contributed by atoms with Gasteiger partial charge in [-0.15, -0.1) is 37.1 Å². The van der Waals surface area contributed by atoms with Gasteiger partial charge in [0.25, 0.3) is 0 Å². The van der Waals surface area contributed by atoms with Gasteiger partial charge in [-0.05, 0) is 35.4 Å². The van der Waals surface area contributed by atoms with Crippen LogP contribution in [0.3, 0.4) is 0 Å². The number of alkyl halides is 3. The number of hydrogen-bond donors (Lipinski definition) is 2. The maximum Gasteiger partial charge on any atom is 0.573 e. The molecule has 0 bridgehead atoms. The Hall–Kier alpha value is -3.28. The van der Waals surface area contributed by atoms with Crippen molar-refractivity contribution in [1.29, 1.82) is 0 Å². The molecule has 10 heteroatoms. The van der Waals surface area contributed by atoms with E-state index in [1.54, 1.807) is 6.07 Å². The van der Waals surface area contributed by atoms with Crippen LogP contribution in [-0.2, 0) is 13.1 Å². The number of nitrogens with two attached hydrogens (primary N) is 1. The minimum atomic E-state index is -4.80. The molecule has 4 aromatic rings. The van der Waals surface area contributed by atoms with Crippen molar-refractivity contribution < 1.29 is 17.9 Å². The lowest BCUT2D eigenvalue weighted by Gasteiger charge is -2.14. The van der Waals surface area contributed by atoms with E-state index in [0.717, 1.165) is 22.2 Å². The van der Waals surface area contributed by atoms with E-state index in [9.17, 15) is 13.2 Å². The molecule has 0 unspecified atom stereocenters. The number of benzene rings is 3. The van der Waals surface area contributed by atoms with Gasteiger partial charge in [0, 0.05) is 6.54 Å². The zero-order chi connectivity index (χ0) is 22.6. The van der Waals surface area contributed by atoms with E-state index in [2.05, 4.69) is 24.6 Å². The summed E-state index contributed by atoms with van der Waals surface area (Å²) in [5.41, 5.74) is 9.95. The molecule has 172 valence electrons. The number of rotatable bonds is 6. The summed E-state index contributed by atoms with van der Waals surface area (Å²) in [6, 6.07) is 21.4. The molecule has 0 aliphatic carbocycles. The first-order valence-corrected chi connectivity index (χ1v) is 9.77. The molecule has 0 spiro atoms. The van der Waals surface area contributed by atoms with Crippen molar-refractivity contribution in [2.45, 2.75) is 19.5 Å². The summed E-state index contributed by atoms with van der Waals surface area (Å²) in [6.45, 7) is 0.957. The van der Waals surface area contributed by atoms with Gasteiger partial charge < -0.3 is 20.4 Å². The molecular formula is C23H21F3IN5O. The number of anilines is 1. The summed E-state index contributed by atoms with van der Waals surface area (Å²) in [5.74, 6) is -0.397. The second-order valence-electron chi connectivity index (χ2n) is 7.05. The standard InChI is InChI=1S/C23H20F3N5O.HI/c24-23(25,26)32-21-8-4-2-6-19(21)30-22(27)28-13-16-9-11-17(12-10-16)14-31-15-29-18-5-1-3-7-20(18)31;/h1-12,15H,13-14H2,(H3,27,28,30);1H. The van der Waals surface area contributed by atoms with Crippen molar-refractivity contribution in [1.82, 2.24) is 9.55 Å². The Labute approximate surface area is 205 Å². The van der Waals surface area contributed by atoms with Crippen LogP contribution in [0.2, 0.25) is 0 Å². The lowest BCUT2D eigenvalue weighted by Crippen LogP contribution is -2.24. The van der Waals surface area contributed by atoms with Gasteiger partial charge in [-0.1, -0.05) is 48.5 Å². The van der Waals surface area contributed by atoms with Crippen LogP contribution in [-0.4, -0.2) is 21.9 Å². The van der Waals surface area contributed by atoms with Crippen molar-refractivity contribution in [3.05, 3.63) is 90.3 Å². The number of aliphatic imine (C=N–C) groups is 1. The lowest BCUT2D eigenvalue weighted by atomic mass is 10.1.